The van der Waals surface area contributed by atoms with E-state index >= 15 is 0 Å². The van der Waals surface area contributed by atoms with Crippen LogP contribution in [0.2, 0.25) is 0 Å². The van der Waals surface area contributed by atoms with Crippen LogP contribution in [0.15, 0.2) is 42.6 Å². The first-order chi connectivity index (χ1) is 13.7. The Bertz CT molecular complexity index is 907. The van der Waals surface area contributed by atoms with Crippen molar-refractivity contribution in [1.82, 2.24) is 20.5 Å². The van der Waals surface area contributed by atoms with E-state index in [9.17, 15) is 4.79 Å². The molecule has 0 saturated heterocycles. The van der Waals surface area contributed by atoms with Gasteiger partial charge in [0.15, 0.2) is 5.82 Å². The summed E-state index contributed by atoms with van der Waals surface area (Å²) < 4.78 is 5.24. The van der Waals surface area contributed by atoms with E-state index in [1.807, 2.05) is 30.3 Å². The summed E-state index contributed by atoms with van der Waals surface area (Å²) in [5.41, 5.74) is 1.80. The number of hydrogen-bond acceptors (Lipinski definition) is 5. The summed E-state index contributed by atoms with van der Waals surface area (Å²) in [5, 5.41) is 14.0. The standard InChI is InChI=1S/C20H26N6O2/c1-4-26(5-2)19-15-12-21-18(11-16(15)24-25-19)23-20(27)22-17(13-28-3)14-9-7-6-8-10-14/h6-12,17H,4-5,13H2,1-3H3,(H,24,25)(H2,21,22,23,27)/t17-/m1/s1. The van der Waals surface area contributed by atoms with Crippen LogP contribution in [0.5, 0.6) is 0 Å². The molecule has 0 bridgehead atoms. The number of rotatable bonds is 8. The van der Waals surface area contributed by atoms with Crippen LogP contribution >= 0.6 is 0 Å². The number of aromatic nitrogens is 3. The highest BCUT2D eigenvalue weighted by Gasteiger charge is 2.16. The smallest absolute Gasteiger partial charge is 0.320 e. The minimum Gasteiger partial charge on any atom is -0.382 e. The molecular weight excluding hydrogens is 356 g/mol. The van der Waals surface area contributed by atoms with E-state index in [1.54, 1.807) is 19.4 Å². The van der Waals surface area contributed by atoms with E-state index < -0.39 is 0 Å². The molecule has 8 heteroatoms. The maximum atomic E-state index is 12.5. The van der Waals surface area contributed by atoms with Crippen LogP contribution in [0.4, 0.5) is 16.4 Å². The van der Waals surface area contributed by atoms with Crippen molar-refractivity contribution in [2.24, 2.45) is 0 Å². The Morgan fingerprint density at radius 3 is 2.68 bits per heavy atom. The topological polar surface area (TPSA) is 95.2 Å². The third-order valence-corrected chi connectivity index (χ3v) is 4.57. The minimum atomic E-state index is -0.346. The number of methoxy groups -OCH3 is 1. The molecule has 0 aliphatic heterocycles. The predicted octanol–water partition coefficient (Wildman–Crippen LogP) is 3.31. The molecule has 2 amide bonds. The molecule has 8 nitrogen and oxygen atoms in total. The number of nitrogens with zero attached hydrogens (tertiary/aromatic N) is 3. The Morgan fingerprint density at radius 2 is 2.00 bits per heavy atom. The molecule has 3 rings (SSSR count). The lowest BCUT2D eigenvalue weighted by atomic mass is 10.1. The Morgan fingerprint density at radius 1 is 1.25 bits per heavy atom. The van der Waals surface area contributed by atoms with Gasteiger partial charge in [-0.25, -0.2) is 9.78 Å². The lowest BCUT2D eigenvalue weighted by molar-refractivity contribution is 0.168. The summed E-state index contributed by atoms with van der Waals surface area (Å²) in [6.45, 7) is 6.26. The zero-order valence-electron chi connectivity index (χ0n) is 16.4. The number of amides is 2. The Hall–Kier alpha value is -3.13. The number of carbonyl (C=O) groups excluding carboxylic acids is 1. The minimum absolute atomic E-state index is 0.253. The van der Waals surface area contributed by atoms with E-state index in [-0.39, 0.29) is 12.1 Å². The van der Waals surface area contributed by atoms with Crippen molar-refractivity contribution in [2.75, 3.05) is 37.0 Å². The first-order valence-electron chi connectivity index (χ1n) is 9.36. The van der Waals surface area contributed by atoms with Crippen LogP contribution in [0.1, 0.15) is 25.5 Å². The number of nitrogens with one attached hydrogen (secondary N) is 3. The lowest BCUT2D eigenvalue weighted by Gasteiger charge is -2.19. The predicted molar refractivity (Wildman–Crippen MR) is 111 cm³/mol. The fourth-order valence-electron chi connectivity index (χ4n) is 3.12. The molecule has 0 fully saturated rings. The average Bonchev–Trinajstić information content (AvgIpc) is 3.12. The fourth-order valence-corrected chi connectivity index (χ4v) is 3.12. The molecule has 3 aromatic rings. The molecule has 0 radical (unpaired) electrons. The van der Waals surface area contributed by atoms with Gasteiger partial charge in [0.1, 0.15) is 5.82 Å². The van der Waals surface area contributed by atoms with Crippen molar-refractivity contribution in [3.63, 3.8) is 0 Å². The monoisotopic (exact) mass is 382 g/mol. The molecule has 2 heterocycles. The number of urea groups is 1. The SMILES string of the molecule is CCN(CC)c1n[nH]c2cc(NC(=O)N[C@H](COC)c3ccccc3)ncc12. The summed E-state index contributed by atoms with van der Waals surface area (Å²) >= 11 is 0. The molecule has 2 aromatic heterocycles. The highest BCUT2D eigenvalue weighted by molar-refractivity contribution is 5.94. The highest BCUT2D eigenvalue weighted by atomic mass is 16.5. The van der Waals surface area contributed by atoms with Crippen LogP contribution in [0.25, 0.3) is 10.9 Å². The molecule has 0 aliphatic carbocycles. The third-order valence-electron chi connectivity index (χ3n) is 4.57. The van der Waals surface area contributed by atoms with Gasteiger partial charge in [-0.05, 0) is 19.4 Å². The van der Waals surface area contributed by atoms with Gasteiger partial charge in [0, 0.05) is 32.5 Å². The van der Waals surface area contributed by atoms with Gasteiger partial charge in [0.05, 0.1) is 23.6 Å². The number of fused-ring (bicyclic) bond motifs is 1. The first-order valence-corrected chi connectivity index (χ1v) is 9.36. The molecule has 0 aliphatic rings. The number of aromatic amines is 1. The summed E-state index contributed by atoms with van der Waals surface area (Å²) in [4.78, 5) is 19.0. The summed E-state index contributed by atoms with van der Waals surface area (Å²) in [5.74, 6) is 1.32. The van der Waals surface area contributed by atoms with Crippen molar-refractivity contribution in [3.8, 4) is 0 Å². The largest absolute Gasteiger partial charge is 0.382 e. The van der Waals surface area contributed by atoms with Gasteiger partial charge in [0.2, 0.25) is 0 Å². The Kier molecular flexibility index (Phi) is 6.44. The first kappa shape index (κ1) is 19.6. The molecule has 0 saturated carbocycles. The molecular formula is C20H26N6O2. The Labute approximate surface area is 164 Å². The number of H-pyrrole nitrogens is 1. The maximum absolute atomic E-state index is 12.5. The van der Waals surface area contributed by atoms with E-state index in [2.05, 4.69) is 44.6 Å². The van der Waals surface area contributed by atoms with Crippen LogP contribution < -0.4 is 15.5 Å². The van der Waals surface area contributed by atoms with E-state index in [1.165, 1.54) is 0 Å². The van der Waals surface area contributed by atoms with E-state index in [0.29, 0.717) is 12.4 Å². The lowest BCUT2D eigenvalue weighted by Crippen LogP contribution is -2.35. The second-order valence-electron chi connectivity index (χ2n) is 6.35. The van der Waals surface area contributed by atoms with Gasteiger partial charge in [-0.15, -0.1) is 0 Å². The Balaban J connectivity index is 1.72. The molecule has 3 N–H and O–H groups in total. The number of benzene rings is 1. The maximum Gasteiger partial charge on any atom is 0.320 e. The fraction of sp³-hybridized carbons (Fsp3) is 0.350. The molecule has 1 atom stereocenters. The van der Waals surface area contributed by atoms with E-state index in [0.717, 1.165) is 35.4 Å². The van der Waals surface area contributed by atoms with Gasteiger partial charge < -0.3 is 15.0 Å². The van der Waals surface area contributed by atoms with Gasteiger partial charge in [-0.3, -0.25) is 10.4 Å². The molecule has 0 spiro atoms. The average molecular weight is 382 g/mol. The third kappa shape index (κ3) is 4.40. The summed E-state index contributed by atoms with van der Waals surface area (Å²) in [6, 6.07) is 10.9. The van der Waals surface area contributed by atoms with Crippen molar-refractivity contribution in [2.45, 2.75) is 19.9 Å². The zero-order valence-corrected chi connectivity index (χ0v) is 16.4. The van der Waals surface area contributed by atoms with Crippen LogP contribution in [0, 0.1) is 0 Å². The number of anilines is 2. The van der Waals surface area contributed by atoms with E-state index in [4.69, 9.17) is 4.74 Å². The molecule has 28 heavy (non-hydrogen) atoms. The normalized spacial score (nSPS) is 12.0. The van der Waals surface area contributed by atoms with Crippen LogP contribution in [-0.4, -0.2) is 48.0 Å². The number of hydrogen-bond donors (Lipinski definition) is 3. The summed E-state index contributed by atoms with van der Waals surface area (Å²) in [6.07, 6.45) is 1.73. The quantitative estimate of drug-likeness (QED) is 0.555. The number of ether oxygens (including phenoxy) is 1. The van der Waals surface area contributed by atoms with Gasteiger partial charge in [-0.2, -0.15) is 5.10 Å². The van der Waals surface area contributed by atoms with Crippen molar-refractivity contribution in [3.05, 3.63) is 48.2 Å². The molecule has 1 aromatic carbocycles. The van der Waals surface area contributed by atoms with Crippen LogP contribution in [0.3, 0.4) is 0 Å². The van der Waals surface area contributed by atoms with Crippen molar-refractivity contribution >= 4 is 28.6 Å². The molecule has 0 unspecified atom stereocenters. The van der Waals surface area contributed by atoms with Crippen molar-refractivity contribution < 1.29 is 9.53 Å². The number of carbonyl (C=O) groups is 1. The summed E-state index contributed by atoms with van der Waals surface area (Å²) in [7, 11) is 1.61. The van der Waals surface area contributed by atoms with Gasteiger partial charge >= 0.3 is 6.03 Å². The second-order valence-corrected chi connectivity index (χ2v) is 6.35. The second kappa shape index (κ2) is 9.18. The zero-order chi connectivity index (χ0) is 19.9. The molecule has 148 valence electrons. The van der Waals surface area contributed by atoms with Crippen molar-refractivity contribution in [1.29, 1.82) is 0 Å². The highest BCUT2D eigenvalue weighted by Crippen LogP contribution is 2.24. The van der Waals surface area contributed by atoms with Crippen LogP contribution in [-0.2, 0) is 4.74 Å². The van der Waals surface area contributed by atoms with Gasteiger partial charge in [0.25, 0.3) is 0 Å². The number of pyridine rings is 1. The van der Waals surface area contributed by atoms with Gasteiger partial charge in [-0.1, -0.05) is 30.3 Å².